The fourth-order valence-electron chi connectivity index (χ4n) is 4.00. The second-order valence-corrected chi connectivity index (χ2v) is 9.03. The van der Waals surface area contributed by atoms with Crippen LogP contribution in [0, 0.1) is 11.8 Å². The first-order chi connectivity index (χ1) is 16.5. The molecular formula is C26H35F3O6. The standard InChI is InChI=1S/C26H35F3O6/c1-17(2)35-25(33)8-6-4-3-5-7-21-22(24(32)15-23(21)31)14-11-19(30)16-34-20-12-9-18(10-13-20)26(27,28)29/h3,5,9-14,17,19,21-24,30-32H,4,6-8,15-16H2,1-2H3. The van der Waals surface area contributed by atoms with E-state index in [1.807, 2.05) is 12.2 Å². The van der Waals surface area contributed by atoms with Crippen molar-refractivity contribution in [1.82, 2.24) is 0 Å². The topological polar surface area (TPSA) is 96.2 Å². The molecule has 6 nitrogen and oxygen atoms in total. The first kappa shape index (κ1) is 28.9. The number of unbranched alkanes of at least 4 members (excludes halogenated alkanes) is 1. The summed E-state index contributed by atoms with van der Waals surface area (Å²) in [5.41, 5.74) is -0.784. The van der Waals surface area contributed by atoms with E-state index in [4.69, 9.17) is 9.47 Å². The molecule has 5 unspecified atom stereocenters. The summed E-state index contributed by atoms with van der Waals surface area (Å²) in [7, 11) is 0. The summed E-state index contributed by atoms with van der Waals surface area (Å²) >= 11 is 0. The number of carbonyl (C=O) groups is 1. The van der Waals surface area contributed by atoms with Crippen molar-refractivity contribution in [2.45, 2.75) is 76.5 Å². The predicted octanol–water partition coefficient (Wildman–Crippen LogP) is 4.43. The Hall–Kier alpha value is -2.36. The van der Waals surface area contributed by atoms with Gasteiger partial charge in [-0.15, -0.1) is 0 Å². The van der Waals surface area contributed by atoms with Gasteiger partial charge in [-0.2, -0.15) is 13.2 Å². The number of rotatable bonds is 12. The van der Waals surface area contributed by atoms with Gasteiger partial charge in [0.2, 0.25) is 0 Å². The van der Waals surface area contributed by atoms with Crippen LogP contribution in [0.4, 0.5) is 13.2 Å². The molecule has 1 aliphatic carbocycles. The van der Waals surface area contributed by atoms with Crippen molar-refractivity contribution in [2.24, 2.45) is 11.8 Å². The van der Waals surface area contributed by atoms with E-state index in [-0.39, 0.29) is 42.7 Å². The predicted molar refractivity (Wildman–Crippen MR) is 125 cm³/mol. The van der Waals surface area contributed by atoms with Crippen molar-refractivity contribution >= 4 is 5.97 Å². The minimum absolute atomic E-state index is 0.131. The first-order valence-corrected chi connectivity index (χ1v) is 11.8. The van der Waals surface area contributed by atoms with E-state index in [0.717, 1.165) is 12.1 Å². The van der Waals surface area contributed by atoms with Crippen molar-refractivity contribution in [3.05, 3.63) is 54.1 Å². The Balaban J connectivity index is 1.80. The molecule has 0 amide bonds. The summed E-state index contributed by atoms with van der Waals surface area (Å²) in [5.74, 6) is -0.626. The molecule has 2 rings (SSSR count). The minimum Gasteiger partial charge on any atom is -0.491 e. The molecule has 0 heterocycles. The van der Waals surface area contributed by atoms with E-state index in [1.54, 1.807) is 19.9 Å². The number of benzene rings is 1. The Bertz CT molecular complexity index is 834. The Kier molecular flexibility index (Phi) is 11.3. The summed E-state index contributed by atoms with van der Waals surface area (Å²) in [5, 5.41) is 30.8. The fraction of sp³-hybridized carbons (Fsp3) is 0.577. The SMILES string of the molecule is CC(C)OC(=O)CCCC=CCC1C(O)CC(O)C1C=CC(O)COc1ccc(C(F)(F)F)cc1. The molecule has 1 aliphatic rings. The molecule has 0 aromatic heterocycles. The zero-order chi connectivity index (χ0) is 26.0. The van der Waals surface area contributed by atoms with Gasteiger partial charge in [0.15, 0.2) is 0 Å². The number of hydrogen-bond acceptors (Lipinski definition) is 6. The first-order valence-electron chi connectivity index (χ1n) is 11.8. The smallest absolute Gasteiger partial charge is 0.416 e. The number of esters is 1. The fourth-order valence-corrected chi connectivity index (χ4v) is 4.00. The number of aliphatic hydroxyl groups is 3. The molecule has 0 aliphatic heterocycles. The largest absolute Gasteiger partial charge is 0.491 e. The lowest BCUT2D eigenvalue weighted by Crippen LogP contribution is -2.21. The maximum absolute atomic E-state index is 12.6. The van der Waals surface area contributed by atoms with E-state index < -0.39 is 30.1 Å². The second-order valence-electron chi connectivity index (χ2n) is 9.03. The van der Waals surface area contributed by atoms with Gasteiger partial charge in [-0.25, -0.2) is 0 Å². The number of aliphatic hydroxyl groups excluding tert-OH is 3. The third-order valence-corrected chi connectivity index (χ3v) is 5.77. The molecule has 196 valence electrons. The summed E-state index contributed by atoms with van der Waals surface area (Å²) in [6, 6.07) is 4.18. The number of allylic oxidation sites excluding steroid dienone is 2. The lowest BCUT2D eigenvalue weighted by atomic mass is 9.89. The molecule has 9 heteroatoms. The maximum atomic E-state index is 12.6. The Morgan fingerprint density at radius 1 is 1.14 bits per heavy atom. The lowest BCUT2D eigenvalue weighted by molar-refractivity contribution is -0.147. The Labute approximate surface area is 204 Å². The van der Waals surface area contributed by atoms with E-state index in [2.05, 4.69) is 0 Å². The van der Waals surface area contributed by atoms with Crippen molar-refractivity contribution in [3.8, 4) is 5.75 Å². The summed E-state index contributed by atoms with van der Waals surface area (Å²) in [6.45, 7) is 3.43. The average molecular weight is 501 g/mol. The molecule has 1 aromatic carbocycles. The Morgan fingerprint density at radius 2 is 1.83 bits per heavy atom. The van der Waals surface area contributed by atoms with Gasteiger partial charge in [-0.1, -0.05) is 24.3 Å². The number of ether oxygens (including phenoxy) is 2. The summed E-state index contributed by atoms with van der Waals surface area (Å²) in [4.78, 5) is 11.5. The monoisotopic (exact) mass is 500 g/mol. The van der Waals surface area contributed by atoms with Crippen molar-refractivity contribution in [2.75, 3.05) is 6.61 Å². The van der Waals surface area contributed by atoms with Crippen LogP contribution in [-0.2, 0) is 15.7 Å². The third kappa shape index (κ3) is 10.0. The van der Waals surface area contributed by atoms with E-state index in [1.165, 1.54) is 18.2 Å². The third-order valence-electron chi connectivity index (χ3n) is 5.77. The molecule has 5 atom stereocenters. The van der Waals surface area contributed by atoms with Gasteiger partial charge < -0.3 is 24.8 Å². The van der Waals surface area contributed by atoms with Gasteiger partial charge in [0.1, 0.15) is 18.5 Å². The van der Waals surface area contributed by atoms with Gasteiger partial charge in [-0.3, -0.25) is 4.79 Å². The van der Waals surface area contributed by atoms with Crippen molar-refractivity contribution < 1.29 is 42.8 Å². The zero-order valence-corrected chi connectivity index (χ0v) is 20.0. The lowest BCUT2D eigenvalue weighted by Gasteiger charge is -2.19. The number of halogens is 3. The molecule has 0 radical (unpaired) electrons. The number of carbonyl (C=O) groups excluding carboxylic acids is 1. The van der Waals surface area contributed by atoms with Crippen LogP contribution in [0.3, 0.4) is 0 Å². The van der Waals surface area contributed by atoms with Crippen molar-refractivity contribution in [3.63, 3.8) is 0 Å². The molecule has 0 spiro atoms. The van der Waals surface area contributed by atoms with Crippen LogP contribution in [0.25, 0.3) is 0 Å². The molecular weight excluding hydrogens is 465 g/mol. The van der Waals surface area contributed by atoms with Crippen LogP contribution in [0.2, 0.25) is 0 Å². The van der Waals surface area contributed by atoms with E-state index in [0.29, 0.717) is 25.7 Å². The Morgan fingerprint density at radius 3 is 2.46 bits per heavy atom. The summed E-state index contributed by atoms with van der Waals surface area (Å²) in [6.07, 6.45) is 2.38. The minimum atomic E-state index is -4.43. The molecule has 0 bridgehead atoms. The van der Waals surface area contributed by atoms with Crippen LogP contribution in [0.15, 0.2) is 48.6 Å². The second kappa shape index (κ2) is 13.7. The summed E-state index contributed by atoms with van der Waals surface area (Å²) < 4.78 is 48.3. The van der Waals surface area contributed by atoms with Crippen LogP contribution in [0.1, 0.15) is 51.5 Å². The highest BCUT2D eigenvalue weighted by Crippen LogP contribution is 2.36. The molecule has 1 fully saturated rings. The highest BCUT2D eigenvalue weighted by atomic mass is 19.4. The molecule has 0 saturated heterocycles. The van der Waals surface area contributed by atoms with E-state index in [9.17, 15) is 33.3 Å². The zero-order valence-electron chi connectivity index (χ0n) is 20.0. The van der Waals surface area contributed by atoms with Gasteiger partial charge in [0, 0.05) is 18.8 Å². The molecule has 35 heavy (non-hydrogen) atoms. The quantitative estimate of drug-likeness (QED) is 0.223. The number of hydrogen-bond donors (Lipinski definition) is 3. The molecule has 1 aromatic rings. The normalized spacial score (nSPS) is 23.9. The highest BCUT2D eigenvalue weighted by molar-refractivity contribution is 5.69. The highest BCUT2D eigenvalue weighted by Gasteiger charge is 2.39. The van der Waals surface area contributed by atoms with Crippen LogP contribution in [-0.4, -0.2) is 52.3 Å². The van der Waals surface area contributed by atoms with Gasteiger partial charge in [0.05, 0.1) is 23.9 Å². The van der Waals surface area contributed by atoms with Gasteiger partial charge in [0.25, 0.3) is 0 Å². The van der Waals surface area contributed by atoms with Crippen LogP contribution >= 0.6 is 0 Å². The number of alkyl halides is 3. The van der Waals surface area contributed by atoms with Crippen molar-refractivity contribution in [1.29, 1.82) is 0 Å². The average Bonchev–Trinajstić information content (AvgIpc) is 3.04. The molecule has 1 saturated carbocycles. The molecule has 3 N–H and O–H groups in total. The van der Waals surface area contributed by atoms with Crippen LogP contribution < -0.4 is 4.74 Å². The van der Waals surface area contributed by atoms with E-state index >= 15 is 0 Å². The van der Waals surface area contributed by atoms with Crippen LogP contribution in [0.5, 0.6) is 5.75 Å². The maximum Gasteiger partial charge on any atom is 0.416 e. The van der Waals surface area contributed by atoms with Gasteiger partial charge >= 0.3 is 12.1 Å². The van der Waals surface area contributed by atoms with Gasteiger partial charge in [-0.05, 0) is 63.3 Å².